The first kappa shape index (κ1) is 14.5. The molecule has 1 atom stereocenters. The first-order chi connectivity index (χ1) is 9.54. The molecule has 4 nitrogen and oxygen atoms in total. The monoisotopic (exact) mass is 290 g/mol. The van der Waals surface area contributed by atoms with Crippen molar-refractivity contribution in [2.24, 2.45) is 0 Å². The molecule has 0 radical (unpaired) electrons. The second kappa shape index (κ2) is 6.05. The topological polar surface area (TPSA) is 50.4 Å². The smallest absolute Gasteiger partial charge is 0.171 e. The van der Waals surface area contributed by atoms with E-state index in [-0.39, 0.29) is 11.8 Å². The molecule has 0 aromatic heterocycles. The average molecular weight is 290 g/mol. The Bertz CT molecular complexity index is 581. The second-order valence-electron chi connectivity index (χ2n) is 4.60. The summed E-state index contributed by atoms with van der Waals surface area (Å²) < 4.78 is 5.65. The molecule has 1 aliphatic rings. The minimum absolute atomic E-state index is 0.0151. The van der Waals surface area contributed by atoms with Crippen molar-refractivity contribution in [3.63, 3.8) is 0 Å². The van der Waals surface area contributed by atoms with Gasteiger partial charge < -0.3 is 15.4 Å². The number of carbonyl (C=O) groups excluding carboxylic acids is 1. The highest BCUT2D eigenvalue weighted by Crippen LogP contribution is 2.33. The van der Waals surface area contributed by atoms with Gasteiger partial charge >= 0.3 is 0 Å². The number of rotatable bonds is 4. The van der Waals surface area contributed by atoms with E-state index in [2.05, 4.69) is 10.6 Å². The number of allylic oxidation sites excluding steroid dienone is 1. The molecule has 0 bridgehead atoms. The van der Waals surface area contributed by atoms with Crippen LogP contribution in [-0.4, -0.2) is 17.5 Å². The minimum atomic E-state index is -0.274. The van der Waals surface area contributed by atoms with Gasteiger partial charge in [-0.2, -0.15) is 0 Å². The zero-order valence-corrected chi connectivity index (χ0v) is 12.6. The second-order valence-corrected chi connectivity index (χ2v) is 5.01. The van der Waals surface area contributed by atoms with Gasteiger partial charge in [0.05, 0.1) is 12.6 Å². The Kier molecular flexibility index (Phi) is 4.39. The fourth-order valence-electron chi connectivity index (χ4n) is 2.40. The van der Waals surface area contributed by atoms with Gasteiger partial charge in [0.25, 0.3) is 0 Å². The van der Waals surface area contributed by atoms with E-state index < -0.39 is 0 Å². The third-order valence-corrected chi connectivity index (χ3v) is 3.40. The minimum Gasteiger partial charge on any atom is -0.494 e. The lowest BCUT2D eigenvalue weighted by Gasteiger charge is -2.30. The molecule has 20 heavy (non-hydrogen) atoms. The molecule has 2 N–H and O–H groups in total. The third kappa shape index (κ3) is 2.82. The Hall–Kier alpha value is -1.88. The number of hydrogen-bond donors (Lipinski definition) is 2. The highest BCUT2D eigenvalue weighted by atomic mass is 32.1. The van der Waals surface area contributed by atoms with Crippen molar-refractivity contribution in [1.29, 1.82) is 0 Å². The standard InChI is InChI=1S/C15H18N2O2S/c1-4-19-12-8-6-5-7-11(12)14-13(10(3)18)9(2)16-15(20)17-14/h5-8,14H,4H2,1-3H3,(H2,16,17,20)/t14-/m1/s1. The molecule has 1 aromatic carbocycles. The van der Waals surface area contributed by atoms with Gasteiger partial charge in [-0.1, -0.05) is 18.2 Å². The van der Waals surface area contributed by atoms with E-state index in [0.29, 0.717) is 17.3 Å². The fourth-order valence-corrected chi connectivity index (χ4v) is 2.67. The molecule has 0 unspecified atom stereocenters. The summed E-state index contributed by atoms with van der Waals surface area (Å²) in [5.74, 6) is 0.782. The Morgan fingerprint density at radius 2 is 2.10 bits per heavy atom. The van der Waals surface area contributed by atoms with E-state index in [1.807, 2.05) is 38.1 Å². The van der Waals surface area contributed by atoms with Gasteiger partial charge in [0, 0.05) is 16.8 Å². The molecule has 0 spiro atoms. The summed E-state index contributed by atoms with van der Waals surface area (Å²) in [6, 6.07) is 7.42. The number of benzene rings is 1. The van der Waals surface area contributed by atoms with Crippen LogP contribution in [-0.2, 0) is 4.79 Å². The van der Waals surface area contributed by atoms with Crippen molar-refractivity contribution in [3.8, 4) is 5.75 Å². The fraction of sp³-hybridized carbons (Fsp3) is 0.333. The summed E-state index contributed by atoms with van der Waals surface area (Å²) in [4.78, 5) is 11.9. The molecule has 2 rings (SSSR count). The first-order valence-corrected chi connectivity index (χ1v) is 6.96. The van der Waals surface area contributed by atoms with Gasteiger partial charge in [0.15, 0.2) is 10.9 Å². The van der Waals surface area contributed by atoms with Crippen LogP contribution in [0.4, 0.5) is 0 Å². The quantitative estimate of drug-likeness (QED) is 0.834. The van der Waals surface area contributed by atoms with Gasteiger partial charge in [-0.25, -0.2) is 0 Å². The zero-order chi connectivity index (χ0) is 14.7. The van der Waals surface area contributed by atoms with E-state index in [9.17, 15) is 4.79 Å². The maximum atomic E-state index is 11.9. The van der Waals surface area contributed by atoms with Gasteiger partial charge in [0.2, 0.25) is 0 Å². The average Bonchev–Trinajstić information content (AvgIpc) is 2.38. The molecule has 0 saturated heterocycles. The molecule has 5 heteroatoms. The van der Waals surface area contributed by atoms with Crippen LogP contribution in [0.15, 0.2) is 35.5 Å². The van der Waals surface area contributed by atoms with E-state index in [4.69, 9.17) is 17.0 Å². The Balaban J connectivity index is 2.51. The van der Waals surface area contributed by atoms with Crippen LogP contribution in [0.25, 0.3) is 0 Å². The van der Waals surface area contributed by atoms with Gasteiger partial charge in [0.1, 0.15) is 5.75 Å². The summed E-state index contributed by atoms with van der Waals surface area (Å²) in [5, 5.41) is 6.67. The number of Topliss-reactive ketones (excluding diaryl/α,β-unsaturated/α-hetero) is 1. The van der Waals surface area contributed by atoms with Crippen LogP contribution in [0.2, 0.25) is 0 Å². The largest absolute Gasteiger partial charge is 0.494 e. The maximum Gasteiger partial charge on any atom is 0.171 e. The van der Waals surface area contributed by atoms with Crippen molar-refractivity contribution >= 4 is 23.1 Å². The lowest BCUT2D eigenvalue weighted by molar-refractivity contribution is -0.114. The summed E-state index contributed by atoms with van der Waals surface area (Å²) in [7, 11) is 0. The molecular formula is C15H18N2O2S. The van der Waals surface area contributed by atoms with Crippen molar-refractivity contribution in [1.82, 2.24) is 10.6 Å². The Morgan fingerprint density at radius 1 is 1.40 bits per heavy atom. The van der Waals surface area contributed by atoms with E-state index >= 15 is 0 Å². The molecule has 0 saturated carbocycles. The number of ether oxygens (including phenoxy) is 1. The van der Waals surface area contributed by atoms with Gasteiger partial charge in [-0.05, 0) is 39.1 Å². The first-order valence-electron chi connectivity index (χ1n) is 6.55. The van der Waals surface area contributed by atoms with Gasteiger partial charge in [-0.3, -0.25) is 4.79 Å². The molecular weight excluding hydrogens is 272 g/mol. The van der Waals surface area contributed by atoms with Crippen LogP contribution in [0, 0.1) is 0 Å². The zero-order valence-electron chi connectivity index (χ0n) is 11.8. The summed E-state index contributed by atoms with van der Waals surface area (Å²) in [6.45, 7) is 5.93. The molecule has 1 aliphatic heterocycles. The number of thiocarbonyl (C=S) groups is 1. The number of para-hydroxylation sites is 1. The van der Waals surface area contributed by atoms with E-state index in [1.165, 1.54) is 0 Å². The lowest BCUT2D eigenvalue weighted by Crippen LogP contribution is -2.44. The third-order valence-electron chi connectivity index (χ3n) is 3.18. The number of carbonyl (C=O) groups is 1. The molecule has 0 amide bonds. The summed E-state index contributed by atoms with van der Waals surface area (Å²) >= 11 is 5.20. The van der Waals surface area contributed by atoms with Crippen LogP contribution in [0.3, 0.4) is 0 Å². The maximum absolute atomic E-state index is 11.9. The van der Waals surface area contributed by atoms with Crippen molar-refractivity contribution in [2.45, 2.75) is 26.8 Å². The number of nitrogens with one attached hydrogen (secondary N) is 2. The lowest BCUT2D eigenvalue weighted by atomic mass is 9.92. The predicted octanol–water partition coefficient (Wildman–Crippen LogP) is 2.47. The molecule has 0 aliphatic carbocycles. The normalized spacial score (nSPS) is 18.4. The highest BCUT2D eigenvalue weighted by molar-refractivity contribution is 7.80. The van der Waals surface area contributed by atoms with Gasteiger partial charge in [-0.15, -0.1) is 0 Å². The molecule has 1 aromatic rings. The Labute approximate surface area is 124 Å². The Morgan fingerprint density at radius 3 is 2.75 bits per heavy atom. The molecule has 1 heterocycles. The summed E-state index contributed by atoms with van der Waals surface area (Å²) in [6.07, 6.45) is 0. The van der Waals surface area contributed by atoms with E-state index in [1.54, 1.807) is 6.92 Å². The van der Waals surface area contributed by atoms with Crippen LogP contribution < -0.4 is 15.4 Å². The number of hydrogen-bond acceptors (Lipinski definition) is 3. The molecule has 106 valence electrons. The van der Waals surface area contributed by atoms with Crippen molar-refractivity contribution in [2.75, 3.05) is 6.61 Å². The van der Waals surface area contributed by atoms with Crippen LogP contribution in [0.1, 0.15) is 32.4 Å². The highest BCUT2D eigenvalue weighted by Gasteiger charge is 2.29. The molecule has 0 fully saturated rings. The predicted molar refractivity (Wildman–Crippen MR) is 82.6 cm³/mol. The summed E-state index contributed by atoms with van der Waals surface area (Å²) in [5.41, 5.74) is 2.39. The number of ketones is 1. The van der Waals surface area contributed by atoms with Crippen LogP contribution >= 0.6 is 12.2 Å². The van der Waals surface area contributed by atoms with E-state index in [0.717, 1.165) is 17.0 Å². The van der Waals surface area contributed by atoms with Crippen molar-refractivity contribution < 1.29 is 9.53 Å². The van der Waals surface area contributed by atoms with Crippen LogP contribution in [0.5, 0.6) is 5.75 Å². The SMILES string of the molecule is CCOc1ccccc1[C@H]1NC(=S)NC(C)=C1C(C)=O. The van der Waals surface area contributed by atoms with Crippen molar-refractivity contribution in [3.05, 3.63) is 41.1 Å².